The van der Waals surface area contributed by atoms with Crippen LogP contribution in [0.2, 0.25) is 0 Å². The molecular weight excluding hydrogens is 202 g/mol. The van der Waals surface area contributed by atoms with Crippen LogP contribution in [-0.2, 0) is 0 Å². The van der Waals surface area contributed by atoms with Crippen LogP contribution in [-0.4, -0.2) is 4.98 Å². The molecule has 2 rings (SSSR count). The van der Waals surface area contributed by atoms with Crippen LogP contribution in [0.5, 0.6) is 0 Å². The molecular formula is C13H13NS. The van der Waals surface area contributed by atoms with Crippen molar-refractivity contribution in [3.8, 4) is 11.3 Å². The second-order valence-corrected chi connectivity index (χ2v) is 4.29. The summed E-state index contributed by atoms with van der Waals surface area (Å²) in [5.41, 5.74) is 4.81. The maximum Gasteiger partial charge on any atom is 0.0468 e. The Morgan fingerprint density at radius 1 is 1.00 bits per heavy atom. The van der Waals surface area contributed by atoms with Gasteiger partial charge in [-0.3, -0.25) is 0 Å². The first-order valence-electron chi connectivity index (χ1n) is 4.92. The van der Waals surface area contributed by atoms with E-state index < -0.39 is 0 Å². The molecule has 0 fully saturated rings. The molecule has 15 heavy (non-hydrogen) atoms. The third-order valence-corrected chi connectivity index (χ3v) is 2.56. The molecule has 1 N–H and O–H groups in total. The van der Waals surface area contributed by atoms with Crippen LogP contribution < -0.4 is 0 Å². The Morgan fingerprint density at radius 2 is 1.67 bits per heavy atom. The Bertz CT molecular complexity index is 520. The molecule has 0 amide bonds. The van der Waals surface area contributed by atoms with Gasteiger partial charge in [0.2, 0.25) is 0 Å². The molecule has 0 spiro atoms. The minimum absolute atomic E-state index is 0.864. The van der Waals surface area contributed by atoms with Gasteiger partial charge in [-0.15, -0.1) is 0 Å². The van der Waals surface area contributed by atoms with Crippen molar-refractivity contribution in [2.75, 3.05) is 0 Å². The SMILES string of the molecule is Cc1cc(C)cc(-c2cc(=S)cc[nH]2)c1. The van der Waals surface area contributed by atoms with E-state index in [0.717, 1.165) is 10.2 Å². The van der Waals surface area contributed by atoms with E-state index in [-0.39, 0.29) is 0 Å². The number of H-pyrrole nitrogens is 1. The summed E-state index contributed by atoms with van der Waals surface area (Å²) in [6.45, 7) is 4.21. The van der Waals surface area contributed by atoms with Gasteiger partial charge in [-0.05, 0) is 43.7 Å². The summed E-state index contributed by atoms with van der Waals surface area (Å²) in [5.74, 6) is 0. The van der Waals surface area contributed by atoms with Gasteiger partial charge in [0, 0.05) is 16.4 Å². The second kappa shape index (κ2) is 3.99. The van der Waals surface area contributed by atoms with Crippen LogP contribution in [0.15, 0.2) is 36.5 Å². The third-order valence-electron chi connectivity index (χ3n) is 2.31. The molecule has 0 aliphatic heterocycles. The maximum atomic E-state index is 5.15. The van der Waals surface area contributed by atoms with Crippen LogP contribution in [0.3, 0.4) is 0 Å². The monoisotopic (exact) mass is 215 g/mol. The van der Waals surface area contributed by atoms with Crippen molar-refractivity contribution in [2.24, 2.45) is 0 Å². The lowest BCUT2D eigenvalue weighted by Gasteiger charge is -2.04. The van der Waals surface area contributed by atoms with Gasteiger partial charge in [-0.25, -0.2) is 0 Å². The van der Waals surface area contributed by atoms with Crippen molar-refractivity contribution in [1.82, 2.24) is 4.98 Å². The number of hydrogen-bond acceptors (Lipinski definition) is 1. The third kappa shape index (κ3) is 2.34. The van der Waals surface area contributed by atoms with Crippen LogP contribution in [0.1, 0.15) is 11.1 Å². The Balaban J connectivity index is 2.58. The van der Waals surface area contributed by atoms with Crippen molar-refractivity contribution < 1.29 is 0 Å². The number of aromatic amines is 1. The molecule has 0 radical (unpaired) electrons. The maximum absolute atomic E-state index is 5.15. The van der Waals surface area contributed by atoms with Crippen molar-refractivity contribution in [3.63, 3.8) is 0 Å². The smallest absolute Gasteiger partial charge is 0.0468 e. The van der Waals surface area contributed by atoms with Gasteiger partial charge in [0.05, 0.1) is 0 Å². The number of pyridine rings is 1. The number of nitrogens with one attached hydrogen (secondary N) is 1. The molecule has 0 saturated carbocycles. The molecule has 0 aliphatic rings. The van der Waals surface area contributed by atoms with Crippen molar-refractivity contribution in [3.05, 3.63) is 52.2 Å². The van der Waals surface area contributed by atoms with E-state index in [2.05, 4.69) is 37.0 Å². The molecule has 0 saturated heterocycles. The fraction of sp³-hybridized carbons (Fsp3) is 0.154. The van der Waals surface area contributed by atoms with E-state index in [1.54, 1.807) is 0 Å². The first kappa shape index (κ1) is 10.1. The van der Waals surface area contributed by atoms with E-state index in [4.69, 9.17) is 12.2 Å². The zero-order chi connectivity index (χ0) is 10.8. The van der Waals surface area contributed by atoms with Gasteiger partial charge in [0.25, 0.3) is 0 Å². The standard InChI is InChI=1S/C13H13NS/c1-9-5-10(2)7-11(6-9)13-8-12(15)3-4-14-13/h3-8H,1-2H3,(H,14,15). The van der Waals surface area contributed by atoms with Crippen LogP contribution in [0, 0.1) is 18.4 Å². The summed E-state index contributed by atoms with van der Waals surface area (Å²) in [6, 6.07) is 10.4. The van der Waals surface area contributed by atoms with Gasteiger partial charge >= 0.3 is 0 Å². The van der Waals surface area contributed by atoms with E-state index in [0.29, 0.717) is 0 Å². The van der Waals surface area contributed by atoms with Gasteiger partial charge in [0.15, 0.2) is 0 Å². The predicted octanol–water partition coefficient (Wildman–Crippen LogP) is 4.03. The highest BCUT2D eigenvalue weighted by molar-refractivity contribution is 7.71. The lowest BCUT2D eigenvalue weighted by Crippen LogP contribution is -1.85. The van der Waals surface area contributed by atoms with Gasteiger partial charge in [-0.2, -0.15) is 0 Å². The predicted molar refractivity (Wildman–Crippen MR) is 66.5 cm³/mol. The van der Waals surface area contributed by atoms with Gasteiger partial charge in [-0.1, -0.05) is 29.4 Å². The molecule has 0 atom stereocenters. The average molecular weight is 215 g/mol. The molecule has 1 nitrogen and oxygen atoms in total. The van der Waals surface area contributed by atoms with E-state index >= 15 is 0 Å². The molecule has 1 aromatic carbocycles. The number of rotatable bonds is 1. The van der Waals surface area contributed by atoms with Gasteiger partial charge < -0.3 is 4.98 Å². The molecule has 2 aromatic rings. The Morgan fingerprint density at radius 3 is 2.27 bits per heavy atom. The second-order valence-electron chi connectivity index (χ2n) is 3.81. The average Bonchev–Trinajstić information content (AvgIpc) is 2.16. The quantitative estimate of drug-likeness (QED) is 0.710. The first-order chi connectivity index (χ1) is 7.15. The fourth-order valence-corrected chi connectivity index (χ4v) is 1.93. The normalized spacial score (nSPS) is 10.3. The van der Waals surface area contributed by atoms with E-state index in [9.17, 15) is 0 Å². The fourth-order valence-electron chi connectivity index (χ4n) is 1.74. The molecule has 0 unspecified atom stereocenters. The minimum atomic E-state index is 0.864. The first-order valence-corrected chi connectivity index (χ1v) is 5.33. The van der Waals surface area contributed by atoms with Crippen LogP contribution in [0.4, 0.5) is 0 Å². The Hall–Kier alpha value is -1.41. The molecule has 76 valence electrons. The van der Waals surface area contributed by atoms with Gasteiger partial charge in [0.1, 0.15) is 0 Å². The summed E-state index contributed by atoms with van der Waals surface area (Å²) < 4.78 is 0.864. The summed E-state index contributed by atoms with van der Waals surface area (Å²) >= 11 is 5.15. The zero-order valence-corrected chi connectivity index (χ0v) is 9.69. The number of hydrogen-bond donors (Lipinski definition) is 1. The van der Waals surface area contributed by atoms with Crippen molar-refractivity contribution in [1.29, 1.82) is 0 Å². The molecule has 1 heterocycles. The summed E-state index contributed by atoms with van der Waals surface area (Å²) in [5, 5.41) is 0. The molecule has 1 aromatic heterocycles. The van der Waals surface area contributed by atoms with Crippen LogP contribution >= 0.6 is 12.2 Å². The number of benzene rings is 1. The molecule has 0 bridgehead atoms. The lowest BCUT2D eigenvalue weighted by atomic mass is 10.0. The van der Waals surface area contributed by atoms with Crippen molar-refractivity contribution >= 4 is 12.2 Å². The highest BCUT2D eigenvalue weighted by atomic mass is 32.1. The summed E-state index contributed by atoms with van der Waals surface area (Å²) in [6.07, 6.45) is 1.88. The highest BCUT2D eigenvalue weighted by Gasteiger charge is 1.99. The molecule has 0 aliphatic carbocycles. The summed E-state index contributed by atoms with van der Waals surface area (Å²) in [4.78, 5) is 3.21. The number of aryl methyl sites for hydroxylation is 2. The largest absolute Gasteiger partial charge is 0.361 e. The lowest BCUT2D eigenvalue weighted by molar-refractivity contribution is 1.30. The summed E-state index contributed by atoms with van der Waals surface area (Å²) in [7, 11) is 0. The zero-order valence-electron chi connectivity index (χ0n) is 8.87. The molecule has 2 heteroatoms. The van der Waals surface area contributed by atoms with E-state index in [1.807, 2.05) is 18.3 Å². The Kier molecular flexibility index (Phi) is 2.69. The van der Waals surface area contributed by atoms with Crippen molar-refractivity contribution in [2.45, 2.75) is 13.8 Å². The Labute approximate surface area is 94.8 Å². The van der Waals surface area contributed by atoms with E-state index in [1.165, 1.54) is 16.7 Å². The minimum Gasteiger partial charge on any atom is -0.361 e. The topological polar surface area (TPSA) is 15.8 Å². The van der Waals surface area contributed by atoms with Crippen LogP contribution in [0.25, 0.3) is 11.3 Å². The highest BCUT2D eigenvalue weighted by Crippen LogP contribution is 2.19. The number of aromatic nitrogens is 1.